The summed E-state index contributed by atoms with van der Waals surface area (Å²) >= 11 is 9.49. The normalized spacial score (nSPS) is 10.4. The number of carbonyl (C=O) groups excluding carboxylic acids is 1. The highest BCUT2D eigenvalue weighted by molar-refractivity contribution is 9.10. The zero-order chi connectivity index (χ0) is 16.7. The van der Waals surface area contributed by atoms with Crippen molar-refractivity contribution in [1.29, 1.82) is 0 Å². The molecule has 0 heterocycles. The topological polar surface area (TPSA) is 47.6 Å². The van der Waals surface area contributed by atoms with E-state index in [0.29, 0.717) is 29.7 Å². The monoisotopic (exact) mass is 397 g/mol. The van der Waals surface area contributed by atoms with Crippen molar-refractivity contribution in [3.8, 4) is 5.75 Å². The van der Waals surface area contributed by atoms with Crippen LogP contribution in [0.3, 0.4) is 0 Å². The highest BCUT2D eigenvalue weighted by Crippen LogP contribution is 2.28. The molecule has 0 aliphatic heterocycles. The molecule has 0 fully saturated rings. The molecule has 122 valence electrons. The van der Waals surface area contributed by atoms with Crippen LogP contribution in [0.15, 0.2) is 46.9 Å². The Morgan fingerprint density at radius 3 is 2.74 bits per heavy atom. The van der Waals surface area contributed by atoms with E-state index in [-0.39, 0.29) is 12.3 Å². The Bertz CT molecular complexity index is 679. The molecule has 0 aliphatic rings. The van der Waals surface area contributed by atoms with Crippen LogP contribution < -0.4 is 10.1 Å². The first-order valence-corrected chi connectivity index (χ1v) is 8.22. The maximum atomic E-state index is 12.1. The summed E-state index contributed by atoms with van der Waals surface area (Å²) in [4.78, 5) is 12.1. The van der Waals surface area contributed by atoms with Gasteiger partial charge in [0.1, 0.15) is 12.4 Å². The molecule has 4 nitrogen and oxygen atoms in total. The Balaban J connectivity index is 2.00. The number of methoxy groups -OCH3 is 1. The molecule has 0 saturated carbocycles. The molecule has 0 unspecified atom stereocenters. The summed E-state index contributed by atoms with van der Waals surface area (Å²) in [5.74, 6) is 0.515. The van der Waals surface area contributed by atoms with Crippen molar-refractivity contribution < 1.29 is 14.3 Å². The highest BCUT2D eigenvalue weighted by atomic mass is 79.9. The van der Waals surface area contributed by atoms with E-state index in [4.69, 9.17) is 21.1 Å². The molecule has 0 spiro atoms. The van der Waals surface area contributed by atoms with Crippen molar-refractivity contribution >= 4 is 39.1 Å². The maximum Gasteiger partial charge on any atom is 0.228 e. The predicted molar refractivity (Wildman–Crippen MR) is 95.3 cm³/mol. The molecule has 6 heteroatoms. The fraction of sp³-hybridized carbons (Fsp3) is 0.235. The standard InChI is InChI=1S/C17H17BrClNO3/c1-22-8-9-23-16-11-13(6-7-14(16)18)20-17(21)10-12-4-2-3-5-15(12)19/h2-7,11H,8-10H2,1H3,(H,20,21). The van der Waals surface area contributed by atoms with Crippen molar-refractivity contribution in [3.05, 3.63) is 57.5 Å². The van der Waals surface area contributed by atoms with Crippen LogP contribution in [0.2, 0.25) is 5.02 Å². The molecule has 1 N–H and O–H groups in total. The maximum absolute atomic E-state index is 12.1. The number of benzene rings is 2. The van der Waals surface area contributed by atoms with Crippen LogP contribution in [0, 0.1) is 0 Å². The molecule has 0 saturated heterocycles. The minimum absolute atomic E-state index is 0.136. The Kier molecular flexibility index (Phi) is 6.89. The zero-order valence-corrected chi connectivity index (χ0v) is 15.0. The second-order valence-electron chi connectivity index (χ2n) is 4.80. The highest BCUT2D eigenvalue weighted by Gasteiger charge is 2.09. The van der Waals surface area contributed by atoms with Gasteiger partial charge >= 0.3 is 0 Å². The van der Waals surface area contributed by atoms with Gasteiger partial charge in [-0.2, -0.15) is 0 Å². The molecule has 0 aliphatic carbocycles. The number of hydrogen-bond acceptors (Lipinski definition) is 3. The fourth-order valence-electron chi connectivity index (χ4n) is 1.95. The number of rotatable bonds is 7. The SMILES string of the molecule is COCCOc1cc(NC(=O)Cc2ccccc2Cl)ccc1Br. The summed E-state index contributed by atoms with van der Waals surface area (Å²) < 4.78 is 11.4. The van der Waals surface area contributed by atoms with E-state index in [0.717, 1.165) is 10.0 Å². The number of carbonyl (C=O) groups is 1. The smallest absolute Gasteiger partial charge is 0.228 e. The first kappa shape index (κ1) is 17.8. The fourth-order valence-corrected chi connectivity index (χ4v) is 2.51. The Labute approximate surface area is 148 Å². The summed E-state index contributed by atoms with van der Waals surface area (Å²) in [6.07, 6.45) is 0.218. The van der Waals surface area contributed by atoms with Gasteiger partial charge in [0, 0.05) is 23.9 Å². The molecule has 0 aromatic heterocycles. The van der Waals surface area contributed by atoms with Gasteiger partial charge in [-0.15, -0.1) is 0 Å². The van der Waals surface area contributed by atoms with Gasteiger partial charge in [0.15, 0.2) is 0 Å². The van der Waals surface area contributed by atoms with E-state index >= 15 is 0 Å². The van der Waals surface area contributed by atoms with E-state index < -0.39 is 0 Å². The van der Waals surface area contributed by atoms with Crippen molar-refractivity contribution in [1.82, 2.24) is 0 Å². The quantitative estimate of drug-likeness (QED) is 0.707. The van der Waals surface area contributed by atoms with Gasteiger partial charge in [-0.3, -0.25) is 4.79 Å². The minimum Gasteiger partial charge on any atom is -0.490 e. The molecular formula is C17H17BrClNO3. The Morgan fingerprint density at radius 1 is 1.22 bits per heavy atom. The van der Waals surface area contributed by atoms with E-state index in [9.17, 15) is 4.79 Å². The van der Waals surface area contributed by atoms with Gasteiger partial charge in [-0.05, 0) is 39.7 Å². The number of nitrogens with one attached hydrogen (secondary N) is 1. The van der Waals surface area contributed by atoms with Crippen LogP contribution in [0.1, 0.15) is 5.56 Å². The third kappa shape index (κ3) is 5.53. The summed E-state index contributed by atoms with van der Waals surface area (Å²) in [7, 11) is 1.61. The zero-order valence-electron chi connectivity index (χ0n) is 12.6. The van der Waals surface area contributed by atoms with Crippen molar-refractivity contribution in [2.45, 2.75) is 6.42 Å². The Hall–Kier alpha value is -1.56. The summed E-state index contributed by atoms with van der Waals surface area (Å²) in [6.45, 7) is 0.932. The number of amides is 1. The van der Waals surface area contributed by atoms with Crippen molar-refractivity contribution in [2.24, 2.45) is 0 Å². The second-order valence-corrected chi connectivity index (χ2v) is 6.06. The molecule has 23 heavy (non-hydrogen) atoms. The average molecular weight is 399 g/mol. The van der Waals surface area contributed by atoms with Crippen LogP contribution in [0.25, 0.3) is 0 Å². The summed E-state index contributed by atoms with van der Waals surface area (Å²) in [5.41, 5.74) is 1.46. The molecule has 2 aromatic rings. The minimum atomic E-state index is -0.136. The van der Waals surface area contributed by atoms with Gasteiger partial charge in [0.2, 0.25) is 5.91 Å². The molecule has 2 rings (SSSR count). The molecule has 0 radical (unpaired) electrons. The van der Waals surface area contributed by atoms with E-state index in [1.807, 2.05) is 24.3 Å². The van der Waals surface area contributed by atoms with Gasteiger partial charge in [0.05, 0.1) is 17.5 Å². The first-order valence-electron chi connectivity index (χ1n) is 7.04. The van der Waals surface area contributed by atoms with Gasteiger partial charge in [-0.25, -0.2) is 0 Å². The summed E-state index contributed by atoms with van der Waals surface area (Å²) in [6, 6.07) is 12.7. The number of ether oxygens (including phenoxy) is 2. The molecule has 2 aromatic carbocycles. The average Bonchev–Trinajstić information content (AvgIpc) is 2.53. The van der Waals surface area contributed by atoms with E-state index in [2.05, 4.69) is 21.2 Å². The number of anilines is 1. The largest absolute Gasteiger partial charge is 0.490 e. The second kappa shape index (κ2) is 8.91. The van der Waals surface area contributed by atoms with Gasteiger partial charge in [0.25, 0.3) is 0 Å². The third-order valence-corrected chi connectivity index (χ3v) is 4.09. The van der Waals surface area contributed by atoms with Crippen LogP contribution >= 0.6 is 27.5 Å². The lowest BCUT2D eigenvalue weighted by molar-refractivity contribution is -0.115. The van der Waals surface area contributed by atoms with E-state index in [1.54, 1.807) is 25.3 Å². The van der Waals surface area contributed by atoms with Crippen LogP contribution in [-0.2, 0) is 16.0 Å². The molecule has 0 bridgehead atoms. The van der Waals surface area contributed by atoms with Crippen molar-refractivity contribution in [3.63, 3.8) is 0 Å². The molecule has 0 atom stereocenters. The molecular weight excluding hydrogens is 382 g/mol. The number of hydrogen-bond donors (Lipinski definition) is 1. The number of halogens is 2. The summed E-state index contributed by atoms with van der Waals surface area (Å²) in [5, 5.41) is 3.43. The third-order valence-electron chi connectivity index (χ3n) is 3.07. The van der Waals surface area contributed by atoms with Crippen LogP contribution in [0.5, 0.6) is 5.75 Å². The predicted octanol–water partition coefficient (Wildman–Crippen LogP) is 4.31. The lowest BCUT2D eigenvalue weighted by Crippen LogP contribution is -2.14. The lowest BCUT2D eigenvalue weighted by Gasteiger charge is -2.11. The van der Waals surface area contributed by atoms with E-state index in [1.165, 1.54) is 0 Å². The van der Waals surface area contributed by atoms with Crippen LogP contribution in [-0.4, -0.2) is 26.2 Å². The Morgan fingerprint density at radius 2 is 2.00 bits per heavy atom. The molecule has 1 amide bonds. The first-order chi connectivity index (χ1) is 11.1. The van der Waals surface area contributed by atoms with Gasteiger partial charge < -0.3 is 14.8 Å². The van der Waals surface area contributed by atoms with Gasteiger partial charge in [-0.1, -0.05) is 29.8 Å². The van der Waals surface area contributed by atoms with Crippen LogP contribution in [0.4, 0.5) is 5.69 Å². The lowest BCUT2D eigenvalue weighted by atomic mass is 10.1. The van der Waals surface area contributed by atoms with Crippen molar-refractivity contribution in [2.75, 3.05) is 25.6 Å².